The maximum Gasteiger partial charge on any atom is 0.241 e. The number of rotatable bonds is 6. The average Bonchev–Trinajstić information content (AvgIpc) is 3.33. The van der Waals surface area contributed by atoms with Crippen LogP contribution in [0.4, 0.5) is 0 Å². The zero-order valence-electron chi connectivity index (χ0n) is 17.7. The Hall–Kier alpha value is -2.97. The molecule has 1 aromatic heterocycles. The van der Waals surface area contributed by atoms with E-state index in [9.17, 15) is 9.59 Å². The van der Waals surface area contributed by atoms with E-state index < -0.39 is 0 Å². The number of hydrazine groups is 1. The molecule has 0 saturated carbocycles. The lowest BCUT2D eigenvalue weighted by Crippen LogP contribution is -2.49. The van der Waals surface area contributed by atoms with Crippen molar-refractivity contribution >= 4 is 11.8 Å². The molecule has 2 fully saturated rings. The molecule has 0 spiro atoms. The van der Waals surface area contributed by atoms with Crippen LogP contribution in [0.15, 0.2) is 48.8 Å². The Bertz CT molecular complexity index is 899. The van der Waals surface area contributed by atoms with Gasteiger partial charge in [-0.15, -0.1) is 0 Å². The molecule has 2 amide bonds. The van der Waals surface area contributed by atoms with Gasteiger partial charge in [0, 0.05) is 49.6 Å². The molecule has 2 atom stereocenters. The first-order valence-electron chi connectivity index (χ1n) is 10.7. The molecule has 31 heavy (non-hydrogen) atoms. The molecule has 8 heteroatoms. The third-order valence-corrected chi connectivity index (χ3v) is 6.11. The van der Waals surface area contributed by atoms with E-state index in [1.54, 1.807) is 13.3 Å². The lowest BCUT2D eigenvalue weighted by molar-refractivity contribution is -0.137. The Balaban J connectivity index is 1.24. The zero-order chi connectivity index (χ0) is 21.6. The third-order valence-electron chi connectivity index (χ3n) is 6.11. The molecule has 3 heterocycles. The number of hydrogen-bond donors (Lipinski definition) is 3. The normalized spacial score (nSPS) is 21.6. The maximum atomic E-state index is 12.9. The summed E-state index contributed by atoms with van der Waals surface area (Å²) in [4.78, 5) is 31.6. The Kier molecular flexibility index (Phi) is 6.79. The number of carbonyl (C=O) groups excluding carboxylic acids is 2. The number of hydrogen-bond acceptors (Lipinski definition) is 6. The summed E-state index contributed by atoms with van der Waals surface area (Å²) in [5.41, 5.74) is 8.34. The van der Waals surface area contributed by atoms with Crippen LogP contribution in [0, 0.1) is 5.92 Å². The van der Waals surface area contributed by atoms with Crippen LogP contribution in [-0.2, 0) is 16.1 Å². The van der Waals surface area contributed by atoms with E-state index in [4.69, 9.17) is 4.74 Å². The van der Waals surface area contributed by atoms with Crippen molar-refractivity contribution in [2.75, 3.05) is 20.2 Å². The van der Waals surface area contributed by atoms with E-state index in [1.807, 2.05) is 47.5 Å². The predicted octanol–water partition coefficient (Wildman–Crippen LogP) is 1.55. The maximum absolute atomic E-state index is 12.9. The van der Waals surface area contributed by atoms with Crippen molar-refractivity contribution in [2.45, 2.75) is 37.9 Å². The molecule has 2 aromatic rings. The van der Waals surface area contributed by atoms with Crippen molar-refractivity contribution in [1.29, 1.82) is 0 Å². The standard InChI is InChI=1S/C23H29N5O3/c1-31-21-7-3-2-5-18(21)15-25-22(29)16-8-11-28(12-9-16)23(30)20-13-19(26-27-20)17-6-4-10-24-14-17/h2-7,10,14,16,19-20,26-27H,8-9,11-13,15H2,1H3,(H,25,29). The van der Waals surface area contributed by atoms with E-state index in [0.717, 1.165) is 16.9 Å². The van der Waals surface area contributed by atoms with Gasteiger partial charge in [-0.2, -0.15) is 0 Å². The van der Waals surface area contributed by atoms with Gasteiger partial charge >= 0.3 is 0 Å². The van der Waals surface area contributed by atoms with Crippen molar-refractivity contribution in [3.63, 3.8) is 0 Å². The van der Waals surface area contributed by atoms with Crippen LogP contribution in [0.5, 0.6) is 5.75 Å². The van der Waals surface area contributed by atoms with Gasteiger partial charge in [0.25, 0.3) is 0 Å². The minimum Gasteiger partial charge on any atom is -0.496 e. The van der Waals surface area contributed by atoms with Gasteiger partial charge in [-0.05, 0) is 37.0 Å². The number of nitrogens with zero attached hydrogens (tertiary/aromatic N) is 2. The van der Waals surface area contributed by atoms with Crippen molar-refractivity contribution in [2.24, 2.45) is 5.92 Å². The molecule has 0 bridgehead atoms. The van der Waals surface area contributed by atoms with Gasteiger partial charge in [0.2, 0.25) is 11.8 Å². The Morgan fingerprint density at radius 2 is 1.97 bits per heavy atom. The number of pyridine rings is 1. The minimum absolute atomic E-state index is 0.0373. The highest BCUT2D eigenvalue weighted by molar-refractivity contribution is 5.83. The second-order valence-electron chi connectivity index (χ2n) is 8.05. The van der Waals surface area contributed by atoms with Gasteiger partial charge in [0.15, 0.2) is 0 Å². The van der Waals surface area contributed by atoms with Crippen LogP contribution in [0.25, 0.3) is 0 Å². The molecule has 4 rings (SSSR count). The molecule has 0 radical (unpaired) electrons. The van der Waals surface area contributed by atoms with Gasteiger partial charge in [0.05, 0.1) is 7.11 Å². The van der Waals surface area contributed by atoms with E-state index in [-0.39, 0.29) is 29.8 Å². The highest BCUT2D eigenvalue weighted by atomic mass is 16.5. The van der Waals surface area contributed by atoms with Crippen LogP contribution in [0.2, 0.25) is 0 Å². The summed E-state index contributed by atoms with van der Waals surface area (Å²) >= 11 is 0. The molecule has 2 aliphatic heterocycles. The summed E-state index contributed by atoms with van der Waals surface area (Å²) in [6, 6.07) is 11.4. The van der Waals surface area contributed by atoms with E-state index in [1.165, 1.54) is 0 Å². The Labute approximate surface area is 182 Å². The number of carbonyl (C=O) groups is 2. The molecular weight excluding hydrogens is 394 g/mol. The smallest absolute Gasteiger partial charge is 0.241 e. The number of methoxy groups -OCH3 is 1. The summed E-state index contributed by atoms with van der Waals surface area (Å²) in [5, 5.41) is 3.02. The summed E-state index contributed by atoms with van der Waals surface area (Å²) in [6.45, 7) is 1.64. The highest BCUT2D eigenvalue weighted by Gasteiger charge is 2.35. The van der Waals surface area contributed by atoms with E-state index in [0.29, 0.717) is 38.9 Å². The average molecular weight is 424 g/mol. The first-order chi connectivity index (χ1) is 15.2. The molecule has 8 nitrogen and oxygen atoms in total. The van der Waals surface area contributed by atoms with Crippen LogP contribution in [-0.4, -0.2) is 47.9 Å². The number of nitrogens with one attached hydrogen (secondary N) is 3. The summed E-state index contributed by atoms with van der Waals surface area (Å²) in [5.74, 6) is 0.823. The number of amides is 2. The SMILES string of the molecule is COc1ccccc1CNC(=O)C1CCN(C(=O)C2CC(c3cccnc3)NN2)CC1. The van der Waals surface area contributed by atoms with Crippen molar-refractivity contribution in [3.05, 3.63) is 59.9 Å². The number of likely N-dealkylation sites (tertiary alicyclic amines) is 1. The number of para-hydroxylation sites is 1. The van der Waals surface area contributed by atoms with Crippen LogP contribution in [0.1, 0.15) is 36.4 Å². The fraction of sp³-hybridized carbons (Fsp3) is 0.435. The van der Waals surface area contributed by atoms with Gasteiger partial charge in [-0.25, -0.2) is 10.9 Å². The van der Waals surface area contributed by atoms with Crippen LogP contribution >= 0.6 is 0 Å². The van der Waals surface area contributed by atoms with Gasteiger partial charge in [-0.3, -0.25) is 14.6 Å². The summed E-state index contributed by atoms with van der Waals surface area (Å²) in [6.07, 6.45) is 5.60. The molecule has 2 unspecified atom stereocenters. The number of ether oxygens (including phenoxy) is 1. The molecule has 2 aliphatic rings. The lowest BCUT2D eigenvalue weighted by Gasteiger charge is -2.32. The molecular formula is C23H29N5O3. The summed E-state index contributed by atoms with van der Waals surface area (Å²) < 4.78 is 5.34. The monoisotopic (exact) mass is 423 g/mol. The Morgan fingerprint density at radius 3 is 2.71 bits per heavy atom. The topological polar surface area (TPSA) is 95.6 Å². The predicted molar refractivity (Wildman–Crippen MR) is 116 cm³/mol. The fourth-order valence-corrected chi connectivity index (χ4v) is 4.28. The number of piperidine rings is 1. The van der Waals surface area contributed by atoms with E-state index in [2.05, 4.69) is 21.2 Å². The zero-order valence-corrected chi connectivity index (χ0v) is 17.7. The minimum atomic E-state index is -0.263. The third kappa shape index (κ3) is 5.03. The second kappa shape index (κ2) is 9.89. The first kappa shape index (κ1) is 21.3. The lowest BCUT2D eigenvalue weighted by atomic mass is 9.94. The molecule has 3 N–H and O–H groups in total. The Morgan fingerprint density at radius 1 is 1.16 bits per heavy atom. The first-order valence-corrected chi connectivity index (χ1v) is 10.7. The van der Waals surface area contributed by atoms with Crippen molar-refractivity contribution in [1.82, 2.24) is 26.1 Å². The van der Waals surface area contributed by atoms with Gasteiger partial charge < -0.3 is 15.0 Å². The van der Waals surface area contributed by atoms with Crippen LogP contribution in [0.3, 0.4) is 0 Å². The quantitative estimate of drug-likeness (QED) is 0.653. The molecule has 0 aliphatic carbocycles. The molecule has 1 aromatic carbocycles. The number of aromatic nitrogens is 1. The second-order valence-corrected chi connectivity index (χ2v) is 8.05. The largest absolute Gasteiger partial charge is 0.496 e. The van der Waals surface area contributed by atoms with E-state index >= 15 is 0 Å². The highest BCUT2D eigenvalue weighted by Crippen LogP contribution is 2.25. The van der Waals surface area contributed by atoms with Gasteiger partial charge in [-0.1, -0.05) is 24.3 Å². The number of benzene rings is 1. The van der Waals surface area contributed by atoms with Crippen molar-refractivity contribution in [3.8, 4) is 5.75 Å². The van der Waals surface area contributed by atoms with Gasteiger partial charge in [0.1, 0.15) is 11.8 Å². The molecule has 164 valence electrons. The van der Waals surface area contributed by atoms with Crippen LogP contribution < -0.4 is 20.9 Å². The fourth-order valence-electron chi connectivity index (χ4n) is 4.28. The summed E-state index contributed by atoms with van der Waals surface area (Å²) in [7, 11) is 1.63. The van der Waals surface area contributed by atoms with Crippen molar-refractivity contribution < 1.29 is 14.3 Å². The molecule has 2 saturated heterocycles.